The standard InChI is InChI=1S/C21H19NO/c1-2-23-21(20-6-4-3-5-7-20)14-12-19(13-15-21)18-10-8-17(16-22)9-11-18/h3-14H,2,15H2,1H3. The molecule has 0 bridgehead atoms. The highest BCUT2D eigenvalue weighted by Crippen LogP contribution is 2.37. The van der Waals surface area contributed by atoms with Crippen molar-refractivity contribution in [3.63, 3.8) is 0 Å². The zero-order chi connectivity index (χ0) is 16.1. The Balaban J connectivity index is 1.88. The van der Waals surface area contributed by atoms with E-state index in [0.29, 0.717) is 12.2 Å². The number of nitrogens with zero attached hydrogens (tertiary/aromatic N) is 1. The van der Waals surface area contributed by atoms with E-state index in [1.165, 1.54) is 11.1 Å². The summed E-state index contributed by atoms with van der Waals surface area (Å²) in [6.07, 6.45) is 7.29. The summed E-state index contributed by atoms with van der Waals surface area (Å²) in [5.74, 6) is 0. The lowest BCUT2D eigenvalue weighted by Crippen LogP contribution is -2.28. The fourth-order valence-corrected chi connectivity index (χ4v) is 2.96. The monoisotopic (exact) mass is 301 g/mol. The molecule has 23 heavy (non-hydrogen) atoms. The van der Waals surface area contributed by atoms with Crippen LogP contribution in [0.5, 0.6) is 0 Å². The van der Waals surface area contributed by atoms with Crippen LogP contribution in [0.2, 0.25) is 0 Å². The maximum absolute atomic E-state index is 8.90. The van der Waals surface area contributed by atoms with Crippen molar-refractivity contribution in [2.45, 2.75) is 18.9 Å². The zero-order valence-corrected chi connectivity index (χ0v) is 13.2. The fraction of sp³-hybridized carbons (Fsp3) is 0.190. The SMILES string of the molecule is CCOC1(c2ccccc2)C=CC(c2ccc(C#N)cc2)=CC1. The highest BCUT2D eigenvalue weighted by molar-refractivity contribution is 5.76. The third-order valence-corrected chi connectivity index (χ3v) is 4.17. The van der Waals surface area contributed by atoms with E-state index in [1.807, 2.05) is 49.4 Å². The third-order valence-electron chi connectivity index (χ3n) is 4.17. The summed E-state index contributed by atoms with van der Waals surface area (Å²) in [7, 11) is 0. The van der Waals surface area contributed by atoms with Gasteiger partial charge in [0.25, 0.3) is 0 Å². The van der Waals surface area contributed by atoms with Crippen LogP contribution >= 0.6 is 0 Å². The van der Waals surface area contributed by atoms with Crippen molar-refractivity contribution in [2.75, 3.05) is 6.61 Å². The second kappa shape index (κ2) is 6.64. The summed E-state index contributed by atoms with van der Waals surface area (Å²) in [5, 5.41) is 8.90. The number of hydrogen-bond acceptors (Lipinski definition) is 2. The van der Waals surface area contributed by atoms with E-state index >= 15 is 0 Å². The molecular formula is C21H19NO. The molecule has 2 nitrogen and oxygen atoms in total. The molecule has 1 atom stereocenters. The Morgan fingerprint density at radius 3 is 2.39 bits per heavy atom. The Morgan fingerprint density at radius 2 is 1.83 bits per heavy atom. The van der Waals surface area contributed by atoms with Crippen LogP contribution < -0.4 is 0 Å². The van der Waals surface area contributed by atoms with E-state index in [1.54, 1.807) is 0 Å². The van der Waals surface area contributed by atoms with E-state index in [0.717, 1.165) is 12.0 Å². The first-order valence-electron chi connectivity index (χ1n) is 7.87. The van der Waals surface area contributed by atoms with Crippen molar-refractivity contribution in [1.82, 2.24) is 0 Å². The van der Waals surface area contributed by atoms with Gasteiger partial charge in [-0.05, 0) is 41.8 Å². The number of rotatable bonds is 4. The van der Waals surface area contributed by atoms with Gasteiger partial charge in [0.05, 0.1) is 11.6 Å². The predicted molar refractivity (Wildman–Crippen MR) is 92.6 cm³/mol. The minimum absolute atomic E-state index is 0.383. The first kappa shape index (κ1) is 15.3. The van der Waals surface area contributed by atoms with Crippen LogP contribution in [0.25, 0.3) is 5.57 Å². The molecule has 114 valence electrons. The Bertz CT molecular complexity index is 766. The first-order valence-corrected chi connectivity index (χ1v) is 7.87. The van der Waals surface area contributed by atoms with Crippen LogP contribution in [-0.4, -0.2) is 6.61 Å². The highest BCUT2D eigenvalue weighted by Gasteiger charge is 2.30. The summed E-state index contributed by atoms with van der Waals surface area (Å²) in [6, 6.07) is 20.2. The molecule has 1 aliphatic rings. The zero-order valence-electron chi connectivity index (χ0n) is 13.2. The third kappa shape index (κ3) is 3.11. The molecule has 2 aromatic rings. The van der Waals surface area contributed by atoms with Crippen molar-refractivity contribution in [1.29, 1.82) is 5.26 Å². The Hall–Kier alpha value is -2.63. The lowest BCUT2D eigenvalue weighted by molar-refractivity contribution is -0.00308. The number of allylic oxidation sites excluding steroid dienone is 2. The van der Waals surface area contributed by atoms with Gasteiger partial charge >= 0.3 is 0 Å². The van der Waals surface area contributed by atoms with Gasteiger partial charge in [0.2, 0.25) is 0 Å². The summed E-state index contributed by atoms with van der Waals surface area (Å²) >= 11 is 0. The van der Waals surface area contributed by atoms with Crippen LogP contribution in [0.15, 0.2) is 72.8 Å². The average Bonchev–Trinajstić information content (AvgIpc) is 2.63. The van der Waals surface area contributed by atoms with Crippen molar-refractivity contribution in [3.8, 4) is 6.07 Å². The van der Waals surface area contributed by atoms with Gasteiger partial charge in [-0.2, -0.15) is 5.26 Å². The molecule has 3 rings (SSSR count). The first-order chi connectivity index (χ1) is 11.3. The molecule has 0 fully saturated rings. The van der Waals surface area contributed by atoms with Gasteiger partial charge in [-0.25, -0.2) is 0 Å². The summed E-state index contributed by atoms with van der Waals surface area (Å²) in [6.45, 7) is 2.69. The molecule has 0 aromatic heterocycles. The number of benzene rings is 2. The molecule has 0 saturated carbocycles. The van der Waals surface area contributed by atoms with Crippen LogP contribution in [0.3, 0.4) is 0 Å². The lowest BCUT2D eigenvalue weighted by Gasteiger charge is -2.33. The summed E-state index contributed by atoms with van der Waals surface area (Å²) < 4.78 is 6.10. The van der Waals surface area contributed by atoms with Gasteiger partial charge < -0.3 is 4.74 Å². The molecule has 1 aliphatic carbocycles. The van der Waals surface area contributed by atoms with Crippen LogP contribution in [0.1, 0.15) is 30.0 Å². The summed E-state index contributed by atoms with van der Waals surface area (Å²) in [5.41, 5.74) is 3.76. The molecule has 0 spiro atoms. The molecule has 0 radical (unpaired) electrons. The summed E-state index contributed by atoms with van der Waals surface area (Å²) in [4.78, 5) is 0. The fourth-order valence-electron chi connectivity index (χ4n) is 2.96. The minimum Gasteiger partial charge on any atom is -0.366 e. The molecule has 2 aromatic carbocycles. The average molecular weight is 301 g/mol. The predicted octanol–water partition coefficient (Wildman–Crippen LogP) is 4.83. The molecule has 1 unspecified atom stereocenters. The van der Waals surface area contributed by atoms with Crippen molar-refractivity contribution < 1.29 is 4.74 Å². The Morgan fingerprint density at radius 1 is 1.09 bits per heavy atom. The quantitative estimate of drug-likeness (QED) is 0.810. The maximum Gasteiger partial charge on any atom is 0.115 e. The second-order valence-corrected chi connectivity index (χ2v) is 5.57. The Kier molecular flexibility index (Phi) is 4.41. The lowest BCUT2D eigenvalue weighted by atomic mass is 9.84. The molecule has 0 amide bonds. The van der Waals surface area contributed by atoms with Gasteiger partial charge in [0.15, 0.2) is 0 Å². The normalized spacial score (nSPS) is 19.9. The Labute approximate surface area is 137 Å². The molecule has 0 N–H and O–H groups in total. The van der Waals surface area contributed by atoms with Crippen LogP contribution in [0.4, 0.5) is 0 Å². The number of ether oxygens (including phenoxy) is 1. The van der Waals surface area contributed by atoms with Gasteiger partial charge in [-0.3, -0.25) is 0 Å². The van der Waals surface area contributed by atoms with Gasteiger partial charge in [-0.15, -0.1) is 0 Å². The molecule has 0 aliphatic heterocycles. The second-order valence-electron chi connectivity index (χ2n) is 5.57. The maximum atomic E-state index is 8.90. The smallest absolute Gasteiger partial charge is 0.115 e. The van der Waals surface area contributed by atoms with Gasteiger partial charge in [-0.1, -0.05) is 54.6 Å². The van der Waals surface area contributed by atoms with Crippen LogP contribution in [-0.2, 0) is 10.3 Å². The van der Waals surface area contributed by atoms with Crippen LogP contribution in [0, 0.1) is 11.3 Å². The van der Waals surface area contributed by atoms with Crippen molar-refractivity contribution >= 4 is 5.57 Å². The van der Waals surface area contributed by atoms with Crippen molar-refractivity contribution in [3.05, 3.63) is 89.5 Å². The topological polar surface area (TPSA) is 33.0 Å². The van der Waals surface area contributed by atoms with E-state index in [9.17, 15) is 0 Å². The highest BCUT2D eigenvalue weighted by atomic mass is 16.5. The molecule has 2 heteroatoms. The molecule has 0 heterocycles. The number of nitriles is 1. The van der Waals surface area contributed by atoms with E-state index < -0.39 is 0 Å². The van der Waals surface area contributed by atoms with E-state index in [4.69, 9.17) is 10.00 Å². The minimum atomic E-state index is -0.383. The van der Waals surface area contributed by atoms with Crippen molar-refractivity contribution in [2.24, 2.45) is 0 Å². The molecular weight excluding hydrogens is 282 g/mol. The van der Waals surface area contributed by atoms with Gasteiger partial charge in [0.1, 0.15) is 5.60 Å². The number of hydrogen-bond donors (Lipinski definition) is 0. The molecule has 0 saturated heterocycles. The van der Waals surface area contributed by atoms with E-state index in [-0.39, 0.29) is 5.60 Å². The van der Waals surface area contributed by atoms with Gasteiger partial charge in [0, 0.05) is 13.0 Å². The largest absolute Gasteiger partial charge is 0.366 e. The van der Waals surface area contributed by atoms with E-state index in [2.05, 4.69) is 36.4 Å².